The highest BCUT2D eigenvalue weighted by molar-refractivity contribution is 5.55. The van der Waals surface area contributed by atoms with Crippen molar-refractivity contribution in [2.45, 2.75) is 38.8 Å². The summed E-state index contributed by atoms with van der Waals surface area (Å²) in [5.74, 6) is 2.14. The topological polar surface area (TPSA) is 63.4 Å². The van der Waals surface area contributed by atoms with Crippen LogP contribution >= 0.6 is 0 Å². The van der Waals surface area contributed by atoms with E-state index in [9.17, 15) is 0 Å². The van der Waals surface area contributed by atoms with Gasteiger partial charge in [-0.2, -0.15) is 4.98 Å². The molecule has 6 nitrogen and oxygen atoms in total. The van der Waals surface area contributed by atoms with Crippen LogP contribution in [-0.2, 0) is 6.54 Å². The summed E-state index contributed by atoms with van der Waals surface area (Å²) in [6.45, 7) is 6.18. The molecule has 0 saturated carbocycles. The van der Waals surface area contributed by atoms with Crippen LogP contribution in [0.15, 0.2) is 28.8 Å². The highest BCUT2D eigenvalue weighted by atomic mass is 16.5. The van der Waals surface area contributed by atoms with Crippen molar-refractivity contribution in [2.24, 2.45) is 0 Å². The number of hydrogen-bond acceptors (Lipinski definition) is 6. The average molecular weight is 330 g/mol. The molecule has 1 aliphatic rings. The van der Waals surface area contributed by atoms with Crippen molar-refractivity contribution in [3.05, 3.63) is 30.2 Å². The molecule has 3 rings (SSSR count). The van der Waals surface area contributed by atoms with Gasteiger partial charge in [0.1, 0.15) is 5.75 Å². The molecule has 6 heteroatoms. The van der Waals surface area contributed by atoms with Crippen LogP contribution in [0, 0.1) is 0 Å². The van der Waals surface area contributed by atoms with Gasteiger partial charge in [-0.25, -0.2) is 0 Å². The first-order valence-electron chi connectivity index (χ1n) is 8.72. The Balaban J connectivity index is 1.68. The van der Waals surface area contributed by atoms with E-state index in [-0.39, 0.29) is 0 Å². The second-order valence-corrected chi connectivity index (χ2v) is 6.19. The van der Waals surface area contributed by atoms with Gasteiger partial charge in [-0.1, -0.05) is 12.1 Å². The number of aromatic nitrogens is 2. The minimum Gasteiger partial charge on any atom is -0.497 e. The van der Waals surface area contributed by atoms with Crippen LogP contribution < -0.4 is 10.1 Å². The highest BCUT2D eigenvalue weighted by Crippen LogP contribution is 2.21. The van der Waals surface area contributed by atoms with E-state index < -0.39 is 0 Å². The zero-order valence-corrected chi connectivity index (χ0v) is 14.5. The fourth-order valence-corrected chi connectivity index (χ4v) is 3.20. The van der Waals surface area contributed by atoms with Gasteiger partial charge in [0.2, 0.25) is 11.7 Å². The molecule has 0 spiro atoms. The minimum atomic E-state index is 0.600. The number of piperidine rings is 1. The maximum atomic E-state index is 5.49. The Bertz CT molecular complexity index is 620. The Kier molecular flexibility index (Phi) is 5.82. The Morgan fingerprint density at radius 1 is 1.25 bits per heavy atom. The Morgan fingerprint density at radius 2 is 2.00 bits per heavy atom. The maximum Gasteiger partial charge on any atom is 0.241 e. The van der Waals surface area contributed by atoms with Crippen LogP contribution in [0.3, 0.4) is 0 Å². The van der Waals surface area contributed by atoms with Crippen molar-refractivity contribution < 1.29 is 9.26 Å². The van der Waals surface area contributed by atoms with Crippen molar-refractivity contribution in [2.75, 3.05) is 26.7 Å². The van der Waals surface area contributed by atoms with Gasteiger partial charge in [-0.15, -0.1) is 0 Å². The van der Waals surface area contributed by atoms with Gasteiger partial charge >= 0.3 is 0 Å². The second kappa shape index (κ2) is 8.26. The maximum absolute atomic E-state index is 5.49. The molecule has 1 aromatic heterocycles. The first-order valence-corrected chi connectivity index (χ1v) is 8.72. The molecule has 0 amide bonds. The number of nitrogens with one attached hydrogen (secondary N) is 1. The van der Waals surface area contributed by atoms with Gasteiger partial charge in [0.15, 0.2) is 0 Å². The summed E-state index contributed by atoms with van der Waals surface area (Å²) >= 11 is 0. The zero-order chi connectivity index (χ0) is 16.8. The summed E-state index contributed by atoms with van der Waals surface area (Å²) in [6, 6.07) is 8.31. The molecule has 1 N–H and O–H groups in total. The number of rotatable bonds is 7. The molecule has 0 radical (unpaired) electrons. The van der Waals surface area contributed by atoms with Crippen LogP contribution in [0.4, 0.5) is 0 Å². The van der Waals surface area contributed by atoms with Crippen molar-refractivity contribution in [3.63, 3.8) is 0 Å². The van der Waals surface area contributed by atoms with Crippen LogP contribution in [0.5, 0.6) is 5.75 Å². The first kappa shape index (κ1) is 16.9. The molecule has 0 aliphatic carbocycles. The lowest BCUT2D eigenvalue weighted by Gasteiger charge is -2.33. The van der Waals surface area contributed by atoms with Gasteiger partial charge in [0.05, 0.1) is 13.7 Å². The third kappa shape index (κ3) is 4.13. The molecule has 1 fully saturated rings. The standard InChI is InChI=1S/C18H26N4O2/c1-3-12-22(15-8-10-19-11-9-15)13-17-20-18(21-24-17)14-4-6-16(23-2)7-5-14/h4-7,15,19H,3,8-13H2,1-2H3. The zero-order valence-electron chi connectivity index (χ0n) is 14.5. The van der Waals surface area contributed by atoms with E-state index in [0.717, 1.165) is 43.9 Å². The molecule has 0 unspecified atom stereocenters. The van der Waals surface area contributed by atoms with Crippen LogP contribution in [0.25, 0.3) is 11.4 Å². The van der Waals surface area contributed by atoms with E-state index in [1.165, 1.54) is 12.8 Å². The van der Waals surface area contributed by atoms with E-state index in [2.05, 4.69) is 27.3 Å². The Hall–Kier alpha value is -1.92. The van der Waals surface area contributed by atoms with Crippen LogP contribution in [0.1, 0.15) is 32.1 Å². The van der Waals surface area contributed by atoms with Gasteiger partial charge in [0.25, 0.3) is 0 Å². The highest BCUT2D eigenvalue weighted by Gasteiger charge is 2.22. The molecular weight excluding hydrogens is 304 g/mol. The van der Waals surface area contributed by atoms with Gasteiger partial charge < -0.3 is 14.6 Å². The fourth-order valence-electron chi connectivity index (χ4n) is 3.20. The predicted molar refractivity (Wildman–Crippen MR) is 92.9 cm³/mol. The van der Waals surface area contributed by atoms with Crippen molar-refractivity contribution in [3.8, 4) is 17.1 Å². The lowest BCUT2D eigenvalue weighted by Crippen LogP contribution is -2.43. The first-order chi connectivity index (χ1) is 11.8. The molecule has 2 heterocycles. The molecule has 1 saturated heterocycles. The largest absolute Gasteiger partial charge is 0.497 e. The SMILES string of the molecule is CCCN(Cc1nc(-c2ccc(OC)cc2)no1)C1CCNCC1. The number of methoxy groups -OCH3 is 1. The molecule has 1 aromatic carbocycles. The fraction of sp³-hybridized carbons (Fsp3) is 0.556. The van der Waals surface area contributed by atoms with Crippen molar-refractivity contribution in [1.29, 1.82) is 0 Å². The number of hydrogen-bond donors (Lipinski definition) is 1. The Morgan fingerprint density at radius 3 is 2.67 bits per heavy atom. The normalized spacial score (nSPS) is 15.8. The lowest BCUT2D eigenvalue weighted by atomic mass is 10.0. The summed E-state index contributed by atoms with van der Waals surface area (Å²) < 4.78 is 10.7. The van der Waals surface area contributed by atoms with E-state index in [4.69, 9.17) is 9.26 Å². The summed E-state index contributed by atoms with van der Waals surface area (Å²) in [7, 11) is 1.66. The molecule has 1 aliphatic heterocycles. The third-order valence-corrected chi connectivity index (χ3v) is 4.49. The summed E-state index contributed by atoms with van der Waals surface area (Å²) in [4.78, 5) is 7.06. The molecule has 2 aromatic rings. The van der Waals surface area contributed by atoms with E-state index >= 15 is 0 Å². The van der Waals surface area contributed by atoms with Gasteiger partial charge in [-0.05, 0) is 63.2 Å². The van der Waals surface area contributed by atoms with Gasteiger partial charge in [0, 0.05) is 11.6 Å². The van der Waals surface area contributed by atoms with E-state index in [0.29, 0.717) is 17.8 Å². The molecule has 24 heavy (non-hydrogen) atoms. The smallest absolute Gasteiger partial charge is 0.241 e. The summed E-state index contributed by atoms with van der Waals surface area (Å²) in [5.41, 5.74) is 0.940. The van der Waals surface area contributed by atoms with Crippen LogP contribution in [0.2, 0.25) is 0 Å². The monoisotopic (exact) mass is 330 g/mol. The summed E-state index contributed by atoms with van der Waals surface area (Å²) in [5, 5.41) is 7.56. The van der Waals surface area contributed by atoms with E-state index in [1.54, 1.807) is 7.11 Å². The number of benzene rings is 1. The predicted octanol–water partition coefficient (Wildman–Crippen LogP) is 2.71. The van der Waals surface area contributed by atoms with E-state index in [1.807, 2.05) is 24.3 Å². The quantitative estimate of drug-likeness (QED) is 0.842. The lowest BCUT2D eigenvalue weighted by molar-refractivity contribution is 0.137. The molecule has 130 valence electrons. The Labute approximate surface area is 143 Å². The third-order valence-electron chi connectivity index (χ3n) is 4.49. The molecular formula is C18H26N4O2. The molecule has 0 atom stereocenters. The number of ether oxygens (including phenoxy) is 1. The molecule has 0 bridgehead atoms. The second-order valence-electron chi connectivity index (χ2n) is 6.19. The van der Waals surface area contributed by atoms with Gasteiger partial charge in [-0.3, -0.25) is 4.90 Å². The minimum absolute atomic E-state index is 0.600. The van der Waals surface area contributed by atoms with Crippen molar-refractivity contribution in [1.82, 2.24) is 20.4 Å². The number of nitrogens with zero attached hydrogens (tertiary/aromatic N) is 3. The average Bonchev–Trinajstić information content (AvgIpc) is 3.11. The van der Waals surface area contributed by atoms with Crippen LogP contribution in [-0.4, -0.2) is 47.8 Å². The van der Waals surface area contributed by atoms with Crippen molar-refractivity contribution >= 4 is 0 Å². The summed E-state index contributed by atoms with van der Waals surface area (Å²) in [6.07, 6.45) is 3.49.